The van der Waals surface area contributed by atoms with Gasteiger partial charge in [0.25, 0.3) is 0 Å². The normalized spacial score (nSPS) is 11.9. The zero-order valence-electron chi connectivity index (χ0n) is 9.84. The minimum Gasteiger partial charge on any atom is -0.493 e. The van der Waals surface area contributed by atoms with Gasteiger partial charge in [-0.25, -0.2) is 4.79 Å². The summed E-state index contributed by atoms with van der Waals surface area (Å²) in [7, 11) is 1.47. The Bertz CT molecular complexity index is 388. The molecular formula is C12H16O5. The largest absolute Gasteiger partial charge is 0.493 e. The maximum Gasteiger partial charge on any atom is 0.344 e. The smallest absolute Gasteiger partial charge is 0.344 e. The summed E-state index contributed by atoms with van der Waals surface area (Å²) in [6.45, 7) is 1.59. The SMILES string of the molecule is CCC(Oc1cc(CO)ccc1OC)C(=O)O. The van der Waals surface area contributed by atoms with Crippen LogP contribution in [0.15, 0.2) is 18.2 Å². The molecular weight excluding hydrogens is 224 g/mol. The van der Waals surface area contributed by atoms with Gasteiger partial charge in [-0.2, -0.15) is 0 Å². The molecule has 1 rings (SSSR count). The van der Waals surface area contributed by atoms with E-state index in [-0.39, 0.29) is 6.61 Å². The average Bonchev–Trinajstić information content (AvgIpc) is 2.35. The van der Waals surface area contributed by atoms with Gasteiger partial charge >= 0.3 is 5.97 Å². The molecule has 0 bridgehead atoms. The molecule has 0 aliphatic carbocycles. The van der Waals surface area contributed by atoms with Crippen LogP contribution in [0.2, 0.25) is 0 Å². The van der Waals surface area contributed by atoms with Crippen LogP contribution in [0.4, 0.5) is 0 Å². The van der Waals surface area contributed by atoms with Crippen LogP contribution in [0.25, 0.3) is 0 Å². The van der Waals surface area contributed by atoms with Crippen molar-refractivity contribution in [3.05, 3.63) is 23.8 Å². The second kappa shape index (κ2) is 6.10. The van der Waals surface area contributed by atoms with Gasteiger partial charge in [0, 0.05) is 0 Å². The molecule has 0 radical (unpaired) electrons. The lowest BCUT2D eigenvalue weighted by molar-refractivity contribution is -0.145. The summed E-state index contributed by atoms with van der Waals surface area (Å²) in [4.78, 5) is 10.9. The van der Waals surface area contributed by atoms with E-state index in [4.69, 9.17) is 19.7 Å². The Morgan fingerprint density at radius 3 is 2.59 bits per heavy atom. The highest BCUT2D eigenvalue weighted by Crippen LogP contribution is 2.29. The third-order valence-electron chi connectivity index (χ3n) is 2.33. The molecule has 0 saturated carbocycles. The van der Waals surface area contributed by atoms with Crippen LogP contribution < -0.4 is 9.47 Å². The molecule has 0 heterocycles. The van der Waals surface area contributed by atoms with Gasteiger partial charge in [0.2, 0.25) is 0 Å². The van der Waals surface area contributed by atoms with Crippen LogP contribution >= 0.6 is 0 Å². The van der Waals surface area contributed by atoms with E-state index in [2.05, 4.69) is 0 Å². The molecule has 0 spiro atoms. The fourth-order valence-electron chi connectivity index (χ4n) is 1.37. The van der Waals surface area contributed by atoms with Crippen LogP contribution in [-0.4, -0.2) is 29.4 Å². The molecule has 0 saturated heterocycles. The van der Waals surface area contributed by atoms with Crippen molar-refractivity contribution < 1.29 is 24.5 Å². The molecule has 0 aliphatic rings. The molecule has 0 fully saturated rings. The van der Waals surface area contributed by atoms with E-state index in [0.717, 1.165) is 0 Å². The number of rotatable bonds is 6. The summed E-state index contributed by atoms with van der Waals surface area (Å²) in [5.41, 5.74) is 0.640. The summed E-state index contributed by atoms with van der Waals surface area (Å²) in [5, 5.41) is 17.9. The third-order valence-corrected chi connectivity index (χ3v) is 2.33. The van der Waals surface area contributed by atoms with Crippen molar-refractivity contribution in [2.24, 2.45) is 0 Å². The lowest BCUT2D eigenvalue weighted by atomic mass is 10.2. The molecule has 0 aliphatic heterocycles. The first kappa shape index (κ1) is 13.3. The molecule has 0 amide bonds. The summed E-state index contributed by atoms with van der Waals surface area (Å²) < 4.78 is 10.4. The second-order valence-corrected chi connectivity index (χ2v) is 3.50. The average molecular weight is 240 g/mol. The number of aliphatic hydroxyl groups excluding tert-OH is 1. The second-order valence-electron chi connectivity index (χ2n) is 3.50. The first-order valence-electron chi connectivity index (χ1n) is 5.29. The van der Waals surface area contributed by atoms with Gasteiger partial charge in [0.15, 0.2) is 17.6 Å². The van der Waals surface area contributed by atoms with Crippen LogP contribution in [0.3, 0.4) is 0 Å². The van der Waals surface area contributed by atoms with Gasteiger partial charge in [-0.1, -0.05) is 13.0 Å². The van der Waals surface area contributed by atoms with E-state index in [1.54, 1.807) is 25.1 Å². The third kappa shape index (κ3) is 3.35. The Morgan fingerprint density at radius 1 is 1.41 bits per heavy atom. The molecule has 1 aromatic carbocycles. The Hall–Kier alpha value is -1.75. The number of aliphatic hydroxyl groups is 1. The maximum atomic E-state index is 10.9. The molecule has 5 nitrogen and oxygen atoms in total. The van der Waals surface area contributed by atoms with Gasteiger partial charge < -0.3 is 19.7 Å². The molecule has 17 heavy (non-hydrogen) atoms. The van der Waals surface area contributed by atoms with Crippen molar-refractivity contribution in [1.82, 2.24) is 0 Å². The lowest BCUT2D eigenvalue weighted by Crippen LogP contribution is -2.26. The number of carboxylic acids is 1. The highest BCUT2D eigenvalue weighted by Gasteiger charge is 2.19. The predicted octanol–water partition coefficient (Wildman–Crippen LogP) is 1.43. The molecule has 1 atom stereocenters. The number of benzene rings is 1. The fourth-order valence-corrected chi connectivity index (χ4v) is 1.37. The fraction of sp³-hybridized carbons (Fsp3) is 0.417. The van der Waals surface area contributed by atoms with E-state index >= 15 is 0 Å². The van der Waals surface area contributed by atoms with Crippen LogP contribution in [-0.2, 0) is 11.4 Å². The van der Waals surface area contributed by atoms with Gasteiger partial charge in [-0.3, -0.25) is 0 Å². The molecule has 0 aromatic heterocycles. The van der Waals surface area contributed by atoms with Gasteiger partial charge in [0.05, 0.1) is 13.7 Å². The van der Waals surface area contributed by atoms with Crippen molar-refractivity contribution in [3.8, 4) is 11.5 Å². The number of methoxy groups -OCH3 is 1. The van der Waals surface area contributed by atoms with Crippen molar-refractivity contribution >= 4 is 5.97 Å². The summed E-state index contributed by atoms with van der Waals surface area (Å²) in [6, 6.07) is 4.90. The van der Waals surface area contributed by atoms with Crippen LogP contribution in [0.5, 0.6) is 11.5 Å². The van der Waals surface area contributed by atoms with Crippen molar-refractivity contribution in [2.45, 2.75) is 26.1 Å². The van der Waals surface area contributed by atoms with E-state index in [1.807, 2.05) is 0 Å². The zero-order valence-corrected chi connectivity index (χ0v) is 9.84. The number of carboxylic acid groups (broad SMARTS) is 1. The topological polar surface area (TPSA) is 76.0 Å². The Kier molecular flexibility index (Phi) is 4.78. The summed E-state index contributed by atoms with van der Waals surface area (Å²) >= 11 is 0. The van der Waals surface area contributed by atoms with Crippen LogP contribution in [0.1, 0.15) is 18.9 Å². The number of ether oxygens (including phenoxy) is 2. The van der Waals surface area contributed by atoms with Gasteiger partial charge in [-0.05, 0) is 24.1 Å². The van der Waals surface area contributed by atoms with E-state index in [0.29, 0.717) is 23.5 Å². The van der Waals surface area contributed by atoms with E-state index < -0.39 is 12.1 Å². The summed E-state index contributed by atoms with van der Waals surface area (Å²) in [5.74, 6) is -0.251. The highest BCUT2D eigenvalue weighted by atomic mass is 16.5. The number of hydrogen-bond acceptors (Lipinski definition) is 4. The molecule has 1 unspecified atom stereocenters. The highest BCUT2D eigenvalue weighted by molar-refractivity contribution is 5.72. The monoisotopic (exact) mass is 240 g/mol. The van der Waals surface area contributed by atoms with E-state index in [1.165, 1.54) is 7.11 Å². The Balaban J connectivity index is 2.97. The molecule has 1 aromatic rings. The first-order valence-corrected chi connectivity index (χ1v) is 5.29. The molecule has 2 N–H and O–H groups in total. The van der Waals surface area contributed by atoms with Gasteiger partial charge in [0.1, 0.15) is 0 Å². The number of aliphatic carboxylic acids is 1. The standard InChI is InChI=1S/C12H16O5/c1-3-9(12(14)15)17-11-6-8(7-13)4-5-10(11)16-2/h4-6,9,13H,3,7H2,1-2H3,(H,14,15). The first-order chi connectivity index (χ1) is 8.12. The summed E-state index contributed by atoms with van der Waals surface area (Å²) in [6.07, 6.45) is -0.570. The van der Waals surface area contributed by atoms with Crippen molar-refractivity contribution in [1.29, 1.82) is 0 Å². The number of hydrogen-bond donors (Lipinski definition) is 2. The maximum absolute atomic E-state index is 10.9. The predicted molar refractivity (Wildman–Crippen MR) is 61.3 cm³/mol. The molecule has 94 valence electrons. The number of carbonyl (C=O) groups is 1. The van der Waals surface area contributed by atoms with Crippen molar-refractivity contribution in [3.63, 3.8) is 0 Å². The van der Waals surface area contributed by atoms with Crippen molar-refractivity contribution in [2.75, 3.05) is 7.11 Å². The minimum absolute atomic E-state index is 0.135. The minimum atomic E-state index is -1.02. The van der Waals surface area contributed by atoms with Gasteiger partial charge in [-0.15, -0.1) is 0 Å². The van der Waals surface area contributed by atoms with Crippen LogP contribution in [0, 0.1) is 0 Å². The Morgan fingerprint density at radius 2 is 2.12 bits per heavy atom. The van der Waals surface area contributed by atoms with E-state index in [9.17, 15) is 4.79 Å². The lowest BCUT2D eigenvalue weighted by Gasteiger charge is -2.16. The quantitative estimate of drug-likeness (QED) is 0.786. The zero-order chi connectivity index (χ0) is 12.8. The molecule has 5 heteroatoms. The Labute approximate surface area is 99.6 Å².